The lowest BCUT2D eigenvalue weighted by atomic mass is 9.86. The van der Waals surface area contributed by atoms with Gasteiger partial charge in [-0.3, -0.25) is 10.1 Å². The highest BCUT2D eigenvalue weighted by molar-refractivity contribution is 7.99. The number of rotatable bonds is 6. The molecule has 3 N–H and O–H groups in total. The van der Waals surface area contributed by atoms with Crippen molar-refractivity contribution in [2.45, 2.75) is 44.8 Å². The molecular formula is C18H26N2O3S. The summed E-state index contributed by atoms with van der Waals surface area (Å²) in [5, 5.41) is 15.3. The van der Waals surface area contributed by atoms with E-state index in [1.807, 2.05) is 30.3 Å². The van der Waals surface area contributed by atoms with Gasteiger partial charge in [0.2, 0.25) is 5.91 Å². The molecule has 0 aliphatic heterocycles. The number of nitrogens with one attached hydrogen (secondary N) is 2. The normalized spacial score (nSPS) is 21.8. The Labute approximate surface area is 147 Å². The van der Waals surface area contributed by atoms with Crippen LogP contribution in [0.4, 0.5) is 4.79 Å². The van der Waals surface area contributed by atoms with Gasteiger partial charge in [0.25, 0.3) is 0 Å². The van der Waals surface area contributed by atoms with Crippen LogP contribution in [0.15, 0.2) is 30.3 Å². The molecule has 0 bridgehead atoms. The van der Waals surface area contributed by atoms with Crippen LogP contribution >= 0.6 is 11.8 Å². The summed E-state index contributed by atoms with van der Waals surface area (Å²) >= 11 is 1.31. The van der Waals surface area contributed by atoms with Crippen LogP contribution in [-0.4, -0.2) is 34.6 Å². The van der Waals surface area contributed by atoms with Crippen molar-refractivity contribution < 1.29 is 14.7 Å². The summed E-state index contributed by atoms with van der Waals surface area (Å²) < 4.78 is 0. The van der Waals surface area contributed by atoms with Crippen LogP contribution in [0.25, 0.3) is 0 Å². The van der Waals surface area contributed by atoms with Crippen molar-refractivity contribution in [3.05, 3.63) is 35.9 Å². The van der Waals surface area contributed by atoms with E-state index in [1.54, 1.807) is 0 Å². The van der Waals surface area contributed by atoms with Crippen LogP contribution in [0, 0.1) is 5.92 Å². The lowest BCUT2D eigenvalue weighted by Gasteiger charge is -2.29. The second-order valence-corrected chi connectivity index (χ2v) is 7.36. The van der Waals surface area contributed by atoms with Crippen molar-refractivity contribution in [3.63, 3.8) is 0 Å². The fraction of sp³-hybridized carbons (Fsp3) is 0.556. The molecule has 1 aliphatic rings. The molecule has 5 nitrogen and oxygen atoms in total. The van der Waals surface area contributed by atoms with Crippen LogP contribution < -0.4 is 10.6 Å². The standard InChI is InChI=1S/C18H26N2O3S/c1-13-7-5-6-10-15(13)19-18(23)20-17(22)12-24-11-16(21)14-8-3-2-4-9-14/h2-4,8-9,13,15-16,21H,5-7,10-12H2,1H3,(H2,19,20,22,23). The highest BCUT2D eigenvalue weighted by Crippen LogP contribution is 2.23. The number of thioether (sulfide) groups is 1. The molecule has 0 radical (unpaired) electrons. The Morgan fingerprint density at radius 2 is 1.96 bits per heavy atom. The quantitative estimate of drug-likeness (QED) is 0.737. The van der Waals surface area contributed by atoms with Crippen LogP contribution in [0.2, 0.25) is 0 Å². The third-order valence-corrected chi connectivity index (χ3v) is 5.39. The smallest absolute Gasteiger partial charge is 0.321 e. The third kappa shape index (κ3) is 6.17. The number of carbonyl (C=O) groups is 2. The van der Waals surface area contributed by atoms with Crippen molar-refractivity contribution in [3.8, 4) is 0 Å². The minimum atomic E-state index is -0.610. The number of imide groups is 1. The third-order valence-electron chi connectivity index (χ3n) is 4.37. The van der Waals surface area contributed by atoms with Gasteiger partial charge in [0.1, 0.15) is 0 Å². The second kappa shape index (κ2) is 9.69. The van der Waals surface area contributed by atoms with E-state index in [0.29, 0.717) is 11.7 Å². The molecule has 0 aromatic heterocycles. The first-order valence-corrected chi connectivity index (χ1v) is 9.63. The molecule has 0 saturated heterocycles. The molecule has 3 atom stereocenters. The Bertz CT molecular complexity index is 538. The summed E-state index contributed by atoms with van der Waals surface area (Å²) in [4.78, 5) is 23.7. The minimum Gasteiger partial charge on any atom is -0.388 e. The average molecular weight is 350 g/mol. The SMILES string of the molecule is CC1CCCCC1NC(=O)NC(=O)CSCC(O)c1ccccc1. The number of hydrogen-bond acceptors (Lipinski definition) is 4. The minimum absolute atomic E-state index is 0.150. The number of amides is 3. The molecule has 6 heteroatoms. The van der Waals surface area contributed by atoms with Gasteiger partial charge in [-0.2, -0.15) is 0 Å². The number of benzene rings is 1. The van der Waals surface area contributed by atoms with E-state index in [-0.39, 0.29) is 17.7 Å². The summed E-state index contributed by atoms with van der Waals surface area (Å²) in [6.07, 6.45) is 3.81. The molecule has 1 aromatic rings. The van der Waals surface area contributed by atoms with E-state index in [4.69, 9.17) is 0 Å². The number of aliphatic hydroxyl groups excluding tert-OH is 1. The van der Waals surface area contributed by atoms with Crippen molar-refractivity contribution in [1.29, 1.82) is 0 Å². The highest BCUT2D eigenvalue weighted by atomic mass is 32.2. The maximum atomic E-state index is 11.9. The maximum Gasteiger partial charge on any atom is 0.321 e. The van der Waals surface area contributed by atoms with Gasteiger partial charge in [0.05, 0.1) is 11.9 Å². The van der Waals surface area contributed by atoms with Crippen molar-refractivity contribution >= 4 is 23.7 Å². The number of carbonyl (C=O) groups excluding carboxylic acids is 2. The summed E-state index contributed by atoms with van der Waals surface area (Å²) in [5.41, 5.74) is 0.828. The summed E-state index contributed by atoms with van der Waals surface area (Å²) in [6.45, 7) is 2.13. The lowest BCUT2D eigenvalue weighted by Crippen LogP contribution is -2.48. The van der Waals surface area contributed by atoms with Gasteiger partial charge in [-0.15, -0.1) is 11.8 Å². The summed E-state index contributed by atoms with van der Waals surface area (Å²) in [6, 6.07) is 9.07. The van der Waals surface area contributed by atoms with E-state index in [0.717, 1.165) is 24.8 Å². The molecule has 1 aliphatic carbocycles. The largest absolute Gasteiger partial charge is 0.388 e. The van der Waals surface area contributed by atoms with Crippen molar-refractivity contribution in [2.24, 2.45) is 5.92 Å². The molecule has 0 heterocycles. The molecule has 2 rings (SSSR count). The molecular weight excluding hydrogens is 324 g/mol. The number of aliphatic hydroxyl groups is 1. The predicted molar refractivity (Wildman–Crippen MR) is 96.8 cm³/mol. The van der Waals surface area contributed by atoms with Gasteiger partial charge in [0, 0.05) is 11.8 Å². The summed E-state index contributed by atoms with van der Waals surface area (Å²) in [5.74, 6) is 0.687. The summed E-state index contributed by atoms with van der Waals surface area (Å²) in [7, 11) is 0. The van der Waals surface area contributed by atoms with Crippen LogP contribution in [0.3, 0.4) is 0 Å². The van der Waals surface area contributed by atoms with Crippen molar-refractivity contribution in [2.75, 3.05) is 11.5 Å². The van der Waals surface area contributed by atoms with E-state index in [1.165, 1.54) is 18.2 Å². The molecule has 3 amide bonds. The average Bonchev–Trinajstić information content (AvgIpc) is 2.57. The molecule has 0 spiro atoms. The molecule has 24 heavy (non-hydrogen) atoms. The lowest BCUT2D eigenvalue weighted by molar-refractivity contribution is -0.117. The van der Waals surface area contributed by atoms with E-state index >= 15 is 0 Å². The number of urea groups is 1. The molecule has 1 aromatic carbocycles. The molecule has 1 saturated carbocycles. The van der Waals surface area contributed by atoms with Crippen LogP contribution in [-0.2, 0) is 4.79 Å². The topological polar surface area (TPSA) is 78.4 Å². The predicted octanol–water partition coefficient (Wildman–Crippen LogP) is 2.86. The Balaban J connectivity index is 1.64. The zero-order chi connectivity index (χ0) is 17.4. The van der Waals surface area contributed by atoms with Crippen molar-refractivity contribution in [1.82, 2.24) is 10.6 Å². The van der Waals surface area contributed by atoms with Crippen LogP contribution in [0.1, 0.15) is 44.3 Å². The molecule has 132 valence electrons. The molecule has 1 fully saturated rings. The zero-order valence-corrected chi connectivity index (χ0v) is 14.8. The Morgan fingerprint density at radius 1 is 1.25 bits per heavy atom. The van der Waals surface area contributed by atoms with Gasteiger partial charge in [-0.25, -0.2) is 4.79 Å². The fourth-order valence-corrected chi connectivity index (χ4v) is 3.72. The number of hydrogen-bond donors (Lipinski definition) is 3. The maximum absolute atomic E-state index is 11.9. The van der Waals surface area contributed by atoms with Gasteiger partial charge >= 0.3 is 6.03 Å². The monoisotopic (exact) mass is 350 g/mol. The van der Waals surface area contributed by atoms with E-state index in [9.17, 15) is 14.7 Å². The van der Waals surface area contributed by atoms with Gasteiger partial charge in [-0.1, -0.05) is 50.1 Å². The van der Waals surface area contributed by atoms with Gasteiger partial charge in [-0.05, 0) is 24.3 Å². The highest BCUT2D eigenvalue weighted by Gasteiger charge is 2.23. The van der Waals surface area contributed by atoms with Gasteiger partial charge < -0.3 is 10.4 Å². The van der Waals surface area contributed by atoms with Gasteiger partial charge in [0.15, 0.2) is 0 Å². The first kappa shape index (κ1) is 18.8. The van der Waals surface area contributed by atoms with E-state index < -0.39 is 12.1 Å². The first-order valence-electron chi connectivity index (χ1n) is 8.47. The van der Waals surface area contributed by atoms with Crippen LogP contribution in [0.5, 0.6) is 0 Å². The Morgan fingerprint density at radius 3 is 2.67 bits per heavy atom. The first-order chi connectivity index (χ1) is 11.6. The Hall–Kier alpha value is -1.53. The zero-order valence-electron chi connectivity index (χ0n) is 14.0. The second-order valence-electron chi connectivity index (χ2n) is 6.33. The van der Waals surface area contributed by atoms with E-state index in [2.05, 4.69) is 17.6 Å². The molecule has 3 unspecified atom stereocenters. The fourth-order valence-electron chi connectivity index (χ4n) is 2.93. The Kier molecular flexibility index (Phi) is 7.59.